The number of aryl methyl sites for hydroxylation is 1. The van der Waals surface area contributed by atoms with Crippen LogP contribution in [0.3, 0.4) is 0 Å². The largest absolute Gasteiger partial charge is 0.398 e. The number of hydrogen-bond acceptors (Lipinski definition) is 3. The van der Waals surface area contributed by atoms with Crippen LogP contribution in [0.1, 0.15) is 5.69 Å². The minimum absolute atomic E-state index is 0.225. The van der Waals surface area contributed by atoms with Crippen molar-refractivity contribution < 1.29 is 4.39 Å². The van der Waals surface area contributed by atoms with Crippen LogP contribution in [-0.2, 0) is 0 Å². The van der Waals surface area contributed by atoms with Gasteiger partial charge < -0.3 is 5.73 Å². The summed E-state index contributed by atoms with van der Waals surface area (Å²) >= 11 is 1.59. The highest BCUT2D eigenvalue weighted by Gasteiger charge is 2.07. The van der Waals surface area contributed by atoms with Gasteiger partial charge in [-0.1, -0.05) is 11.8 Å². The number of nitrogens with zero attached hydrogens (tertiary/aromatic N) is 1. The Labute approximate surface area is 120 Å². The number of nitrogen functional groups attached to an aromatic ring is 1. The van der Waals surface area contributed by atoms with Crippen LogP contribution in [0.15, 0.2) is 58.5 Å². The lowest BCUT2D eigenvalue weighted by atomic mass is 10.1. The van der Waals surface area contributed by atoms with Crippen LogP contribution in [-0.4, -0.2) is 4.98 Å². The first-order chi connectivity index (χ1) is 9.63. The Balaban J connectivity index is 2.09. The van der Waals surface area contributed by atoms with Gasteiger partial charge in [0.05, 0.1) is 0 Å². The van der Waals surface area contributed by atoms with E-state index in [2.05, 4.69) is 4.98 Å². The summed E-state index contributed by atoms with van der Waals surface area (Å²) in [7, 11) is 0. The molecule has 20 heavy (non-hydrogen) atoms. The molecule has 3 rings (SSSR count). The molecule has 2 nitrogen and oxygen atoms in total. The lowest BCUT2D eigenvalue weighted by Gasteiger charge is -2.09. The molecule has 0 unspecified atom stereocenters. The number of rotatable bonds is 2. The predicted molar refractivity (Wildman–Crippen MR) is 81.4 cm³/mol. The van der Waals surface area contributed by atoms with E-state index in [-0.39, 0.29) is 5.82 Å². The van der Waals surface area contributed by atoms with E-state index in [1.165, 1.54) is 12.1 Å². The second kappa shape index (κ2) is 5.13. The van der Waals surface area contributed by atoms with Crippen LogP contribution in [0, 0.1) is 12.7 Å². The van der Waals surface area contributed by atoms with Gasteiger partial charge in [0, 0.05) is 38.1 Å². The third-order valence-electron chi connectivity index (χ3n) is 3.07. The monoisotopic (exact) mass is 284 g/mol. The molecule has 0 bridgehead atoms. The Hall–Kier alpha value is -2.07. The topological polar surface area (TPSA) is 38.9 Å². The van der Waals surface area contributed by atoms with Crippen molar-refractivity contribution in [1.82, 2.24) is 4.98 Å². The third kappa shape index (κ3) is 2.47. The number of pyridine rings is 1. The molecule has 1 heterocycles. The van der Waals surface area contributed by atoms with E-state index in [4.69, 9.17) is 5.73 Å². The summed E-state index contributed by atoms with van der Waals surface area (Å²) < 4.78 is 13.0. The van der Waals surface area contributed by atoms with E-state index in [0.717, 1.165) is 31.9 Å². The zero-order chi connectivity index (χ0) is 14.1. The van der Waals surface area contributed by atoms with Crippen molar-refractivity contribution in [3.8, 4) is 0 Å². The molecule has 0 fully saturated rings. The van der Waals surface area contributed by atoms with Gasteiger partial charge in [0.15, 0.2) is 0 Å². The van der Waals surface area contributed by atoms with Crippen LogP contribution in [0.5, 0.6) is 0 Å². The number of benzene rings is 2. The molecule has 0 amide bonds. The maximum atomic E-state index is 13.0. The fourth-order valence-electron chi connectivity index (χ4n) is 2.06. The predicted octanol–water partition coefficient (Wildman–Crippen LogP) is 4.42. The molecule has 0 radical (unpaired) electrons. The molecule has 0 atom stereocenters. The lowest BCUT2D eigenvalue weighted by molar-refractivity contribution is 0.626. The van der Waals surface area contributed by atoms with E-state index in [1.807, 2.05) is 25.1 Å². The Morgan fingerprint density at radius 2 is 1.80 bits per heavy atom. The number of hydrogen-bond donors (Lipinski definition) is 1. The molecule has 3 aromatic rings. The van der Waals surface area contributed by atoms with E-state index >= 15 is 0 Å². The molecule has 0 aliphatic rings. The van der Waals surface area contributed by atoms with Gasteiger partial charge in [-0.05, 0) is 49.4 Å². The van der Waals surface area contributed by atoms with Gasteiger partial charge in [0.2, 0.25) is 0 Å². The van der Waals surface area contributed by atoms with Crippen LogP contribution < -0.4 is 5.73 Å². The lowest BCUT2D eigenvalue weighted by Crippen LogP contribution is -1.91. The van der Waals surface area contributed by atoms with Crippen molar-refractivity contribution in [1.29, 1.82) is 0 Å². The summed E-state index contributed by atoms with van der Waals surface area (Å²) in [5.41, 5.74) is 7.66. The van der Waals surface area contributed by atoms with E-state index in [0.29, 0.717) is 0 Å². The zero-order valence-corrected chi connectivity index (χ0v) is 11.7. The van der Waals surface area contributed by atoms with Gasteiger partial charge in [-0.15, -0.1) is 0 Å². The maximum absolute atomic E-state index is 13.0. The SMILES string of the molecule is Cc1cc2c(Sc3ccc(F)cc3)ccc(N)c2cn1. The van der Waals surface area contributed by atoms with Crippen molar-refractivity contribution >= 4 is 28.2 Å². The molecule has 2 aromatic carbocycles. The highest BCUT2D eigenvalue weighted by molar-refractivity contribution is 7.99. The number of aromatic nitrogens is 1. The summed E-state index contributed by atoms with van der Waals surface area (Å²) in [6, 6.07) is 12.4. The molecular formula is C16H13FN2S. The van der Waals surface area contributed by atoms with Crippen LogP contribution in [0.25, 0.3) is 10.8 Å². The Morgan fingerprint density at radius 1 is 1.05 bits per heavy atom. The summed E-state index contributed by atoms with van der Waals surface area (Å²) in [5, 5.41) is 2.02. The van der Waals surface area contributed by atoms with Crippen molar-refractivity contribution in [3.63, 3.8) is 0 Å². The van der Waals surface area contributed by atoms with Crippen molar-refractivity contribution in [3.05, 3.63) is 60.2 Å². The molecule has 2 N–H and O–H groups in total. The van der Waals surface area contributed by atoms with Gasteiger partial charge in [-0.3, -0.25) is 4.98 Å². The minimum atomic E-state index is -0.225. The van der Waals surface area contributed by atoms with Crippen LogP contribution in [0.2, 0.25) is 0 Å². The second-order valence-electron chi connectivity index (χ2n) is 4.58. The molecule has 0 saturated heterocycles. The van der Waals surface area contributed by atoms with E-state index < -0.39 is 0 Å². The molecule has 0 aliphatic heterocycles. The molecule has 1 aromatic heterocycles. The molecule has 4 heteroatoms. The number of fused-ring (bicyclic) bond motifs is 1. The average Bonchev–Trinajstić information content (AvgIpc) is 2.44. The second-order valence-corrected chi connectivity index (χ2v) is 5.70. The highest BCUT2D eigenvalue weighted by Crippen LogP contribution is 2.35. The van der Waals surface area contributed by atoms with Crippen LogP contribution in [0.4, 0.5) is 10.1 Å². The smallest absolute Gasteiger partial charge is 0.123 e. The normalized spacial score (nSPS) is 10.9. The van der Waals surface area contributed by atoms with Crippen LogP contribution >= 0.6 is 11.8 Å². The van der Waals surface area contributed by atoms with Crippen molar-refractivity contribution in [2.45, 2.75) is 16.7 Å². The third-order valence-corrected chi connectivity index (χ3v) is 4.16. The van der Waals surface area contributed by atoms with Gasteiger partial charge >= 0.3 is 0 Å². The fraction of sp³-hybridized carbons (Fsp3) is 0.0625. The molecule has 0 spiro atoms. The number of anilines is 1. The Morgan fingerprint density at radius 3 is 2.55 bits per heavy atom. The van der Waals surface area contributed by atoms with E-state index in [1.54, 1.807) is 30.1 Å². The summed E-state index contributed by atoms with van der Waals surface area (Å²) in [5.74, 6) is -0.225. The quantitative estimate of drug-likeness (QED) is 0.708. The summed E-state index contributed by atoms with van der Waals surface area (Å²) in [6.07, 6.45) is 1.80. The Kier molecular flexibility index (Phi) is 3.32. The standard InChI is InChI=1S/C16H13FN2S/c1-10-8-13-14(9-19-10)15(18)6-7-16(13)20-12-4-2-11(17)3-5-12/h2-9H,18H2,1H3. The first-order valence-electron chi connectivity index (χ1n) is 6.22. The Bertz CT molecular complexity index is 769. The van der Waals surface area contributed by atoms with Gasteiger partial charge in [-0.2, -0.15) is 0 Å². The van der Waals surface area contributed by atoms with Gasteiger partial charge in [0.1, 0.15) is 5.82 Å². The highest BCUT2D eigenvalue weighted by atomic mass is 32.2. The minimum Gasteiger partial charge on any atom is -0.398 e. The summed E-state index contributed by atoms with van der Waals surface area (Å²) in [4.78, 5) is 6.37. The molecular weight excluding hydrogens is 271 g/mol. The number of halogens is 1. The molecule has 0 saturated carbocycles. The van der Waals surface area contributed by atoms with E-state index in [9.17, 15) is 4.39 Å². The zero-order valence-electron chi connectivity index (χ0n) is 10.9. The van der Waals surface area contributed by atoms with Gasteiger partial charge in [-0.25, -0.2) is 4.39 Å². The molecule has 100 valence electrons. The first kappa shape index (κ1) is 12.9. The summed E-state index contributed by atoms with van der Waals surface area (Å²) in [6.45, 7) is 1.95. The van der Waals surface area contributed by atoms with Crippen molar-refractivity contribution in [2.24, 2.45) is 0 Å². The average molecular weight is 284 g/mol. The molecule has 0 aliphatic carbocycles. The fourth-order valence-corrected chi connectivity index (χ4v) is 3.00. The van der Waals surface area contributed by atoms with Crippen molar-refractivity contribution in [2.75, 3.05) is 5.73 Å². The number of nitrogens with two attached hydrogens (primary N) is 1. The van der Waals surface area contributed by atoms with Gasteiger partial charge in [0.25, 0.3) is 0 Å². The first-order valence-corrected chi connectivity index (χ1v) is 7.03. The maximum Gasteiger partial charge on any atom is 0.123 e.